The van der Waals surface area contributed by atoms with Crippen LogP contribution in [0.3, 0.4) is 0 Å². The zero-order chi connectivity index (χ0) is 7.11. The Morgan fingerprint density at radius 3 is 3.00 bits per heavy atom. The molecule has 0 spiro atoms. The Hall–Kier alpha value is -0.530. The van der Waals surface area contributed by atoms with Crippen molar-refractivity contribution in [3.05, 3.63) is 16.8 Å². The minimum Gasteiger partial charge on any atom is -0.462 e. The summed E-state index contributed by atoms with van der Waals surface area (Å²) in [6, 6.07) is 0. The summed E-state index contributed by atoms with van der Waals surface area (Å²) in [4.78, 5) is 11.9. The van der Waals surface area contributed by atoms with Gasteiger partial charge in [0.25, 0.3) is 0 Å². The third-order valence-electron chi connectivity index (χ3n) is 0.551. The molecule has 0 amide bonds. The maximum atomic E-state index is 10.4. The average Bonchev–Trinajstić information content (AvgIpc) is 1.85. The van der Waals surface area contributed by atoms with Crippen molar-refractivity contribution in [2.45, 2.75) is 6.92 Å². The number of carbonyl (C=O) groups is 1. The molecule has 2 nitrogen and oxygen atoms in total. The topological polar surface area (TPSA) is 26.3 Å². The molecule has 9 heavy (non-hydrogen) atoms. The summed E-state index contributed by atoms with van der Waals surface area (Å²) in [5.41, 5.74) is 2.52. The highest BCUT2D eigenvalue weighted by Gasteiger charge is 1.88. The molecule has 0 aliphatic heterocycles. The Labute approximate surface area is 62.3 Å². The van der Waals surface area contributed by atoms with Gasteiger partial charge < -0.3 is 4.74 Å². The van der Waals surface area contributed by atoms with Crippen molar-refractivity contribution in [2.24, 2.45) is 0 Å². The lowest BCUT2D eigenvalue weighted by Gasteiger charge is -1.90. The molecule has 0 saturated heterocycles. The maximum Gasteiger partial charge on any atom is 0.338 e. The van der Waals surface area contributed by atoms with E-state index in [-0.39, 0.29) is 5.97 Å². The molecule has 0 N–H and O–H groups in total. The minimum atomic E-state index is -0.367. The van der Waals surface area contributed by atoms with Crippen LogP contribution in [0.5, 0.6) is 0 Å². The second-order valence-corrected chi connectivity index (χ2v) is 1.63. The molecule has 50 valence electrons. The molecular formula is C6H7BrO2. The molecule has 0 aromatic carbocycles. The van der Waals surface area contributed by atoms with E-state index >= 15 is 0 Å². The van der Waals surface area contributed by atoms with Gasteiger partial charge in [-0.2, -0.15) is 0 Å². The van der Waals surface area contributed by atoms with Crippen LogP contribution in [-0.2, 0) is 9.53 Å². The fourth-order valence-electron chi connectivity index (χ4n) is 0.283. The van der Waals surface area contributed by atoms with Crippen LogP contribution in [0.1, 0.15) is 6.92 Å². The van der Waals surface area contributed by atoms with Crippen LogP contribution < -0.4 is 0 Å². The molecule has 0 unspecified atom stereocenters. The zero-order valence-electron chi connectivity index (χ0n) is 5.06. The largest absolute Gasteiger partial charge is 0.462 e. The van der Waals surface area contributed by atoms with E-state index in [0.29, 0.717) is 6.61 Å². The van der Waals surface area contributed by atoms with E-state index < -0.39 is 0 Å². The van der Waals surface area contributed by atoms with Crippen molar-refractivity contribution in [3.63, 3.8) is 0 Å². The summed E-state index contributed by atoms with van der Waals surface area (Å²) in [5.74, 6) is -0.367. The molecule has 0 heterocycles. The summed E-state index contributed by atoms with van der Waals surface area (Å²) in [6.45, 7) is 2.16. The number of hydrogen-bond acceptors (Lipinski definition) is 2. The van der Waals surface area contributed by atoms with E-state index in [9.17, 15) is 4.79 Å². The second kappa shape index (κ2) is 5.60. The van der Waals surface area contributed by atoms with Gasteiger partial charge >= 0.3 is 5.97 Å². The number of hydrogen-bond donors (Lipinski definition) is 0. The smallest absolute Gasteiger partial charge is 0.338 e. The van der Waals surface area contributed by atoms with Crippen LogP contribution in [0.25, 0.3) is 0 Å². The summed E-state index contributed by atoms with van der Waals surface area (Å²) in [6.07, 6.45) is 1.22. The standard InChI is InChI=1S/C6H7BrO2/c1-2-9-6(8)4-3-5-7/h4-5H,2H2,1H3. The Morgan fingerprint density at radius 2 is 2.56 bits per heavy atom. The normalized spacial score (nSPS) is 7.33. The molecule has 0 radical (unpaired) electrons. The molecule has 0 aliphatic rings. The quantitative estimate of drug-likeness (QED) is 0.376. The van der Waals surface area contributed by atoms with Crippen LogP contribution in [0.2, 0.25) is 0 Å². The van der Waals surface area contributed by atoms with Gasteiger partial charge in [0.15, 0.2) is 0 Å². The first kappa shape index (κ1) is 8.47. The van der Waals surface area contributed by atoms with Gasteiger partial charge in [0, 0.05) is 4.99 Å². The molecular weight excluding hydrogens is 184 g/mol. The maximum absolute atomic E-state index is 10.4. The highest BCUT2D eigenvalue weighted by molar-refractivity contribution is 9.11. The van der Waals surface area contributed by atoms with Crippen molar-refractivity contribution < 1.29 is 9.53 Å². The number of rotatable bonds is 2. The third-order valence-corrected chi connectivity index (χ3v) is 0.815. The van der Waals surface area contributed by atoms with Gasteiger partial charge in [-0.3, -0.25) is 0 Å². The predicted molar refractivity (Wildman–Crippen MR) is 38.2 cm³/mol. The fourth-order valence-corrected chi connectivity index (χ4v) is 0.416. The fraction of sp³-hybridized carbons (Fsp3) is 0.333. The van der Waals surface area contributed by atoms with Gasteiger partial charge in [-0.05, 0) is 6.92 Å². The van der Waals surface area contributed by atoms with Gasteiger partial charge in [-0.15, -0.1) is 5.73 Å². The Morgan fingerprint density at radius 1 is 1.89 bits per heavy atom. The molecule has 0 aromatic rings. The van der Waals surface area contributed by atoms with Gasteiger partial charge in [0.2, 0.25) is 0 Å². The van der Waals surface area contributed by atoms with Crippen molar-refractivity contribution in [3.8, 4) is 0 Å². The highest BCUT2D eigenvalue weighted by atomic mass is 79.9. The molecule has 0 aromatic heterocycles. The zero-order valence-corrected chi connectivity index (χ0v) is 6.64. The predicted octanol–water partition coefficient (Wildman–Crippen LogP) is 1.61. The Bertz CT molecular complexity index is 145. The third kappa shape index (κ3) is 5.34. The van der Waals surface area contributed by atoms with Crippen LogP contribution >= 0.6 is 15.9 Å². The van der Waals surface area contributed by atoms with Crippen LogP contribution in [-0.4, -0.2) is 12.6 Å². The number of esters is 1. The average molecular weight is 191 g/mol. The Kier molecular flexibility index (Phi) is 5.27. The molecule has 0 saturated carbocycles. The van der Waals surface area contributed by atoms with E-state index in [1.165, 1.54) is 11.1 Å². The molecule has 0 aliphatic carbocycles. The van der Waals surface area contributed by atoms with Crippen molar-refractivity contribution >= 4 is 21.9 Å². The molecule has 0 bridgehead atoms. The molecule has 0 rings (SSSR count). The summed E-state index contributed by atoms with van der Waals surface area (Å²) in [5, 5.41) is 0. The van der Waals surface area contributed by atoms with Gasteiger partial charge in [-0.25, -0.2) is 4.79 Å². The van der Waals surface area contributed by atoms with Crippen molar-refractivity contribution in [1.82, 2.24) is 0 Å². The van der Waals surface area contributed by atoms with Crippen molar-refractivity contribution in [2.75, 3.05) is 6.61 Å². The van der Waals surface area contributed by atoms with E-state index in [4.69, 9.17) is 0 Å². The van der Waals surface area contributed by atoms with E-state index in [1.54, 1.807) is 6.92 Å². The molecule has 3 heteroatoms. The summed E-state index contributed by atoms with van der Waals surface area (Å²) < 4.78 is 4.55. The summed E-state index contributed by atoms with van der Waals surface area (Å²) >= 11 is 2.95. The lowest BCUT2D eigenvalue weighted by atomic mass is 10.6. The lowest BCUT2D eigenvalue weighted by molar-refractivity contribution is -0.137. The first-order valence-electron chi connectivity index (χ1n) is 2.49. The van der Waals surface area contributed by atoms with Gasteiger partial charge in [0.05, 0.1) is 12.7 Å². The SMILES string of the molecule is CCOC(=O)C=C=CBr. The van der Waals surface area contributed by atoms with E-state index in [2.05, 4.69) is 26.4 Å². The number of halogens is 1. The molecule has 0 fully saturated rings. The first-order chi connectivity index (χ1) is 4.31. The summed E-state index contributed by atoms with van der Waals surface area (Å²) in [7, 11) is 0. The first-order valence-corrected chi connectivity index (χ1v) is 3.40. The number of carbonyl (C=O) groups excluding carboxylic acids is 1. The second-order valence-electron chi connectivity index (χ2n) is 1.17. The van der Waals surface area contributed by atoms with Crippen LogP contribution in [0, 0.1) is 0 Å². The minimum absolute atomic E-state index is 0.367. The van der Waals surface area contributed by atoms with Crippen LogP contribution in [0.4, 0.5) is 0 Å². The van der Waals surface area contributed by atoms with Crippen LogP contribution in [0.15, 0.2) is 16.8 Å². The highest BCUT2D eigenvalue weighted by Crippen LogP contribution is 1.81. The molecule has 0 atom stereocenters. The number of ether oxygens (including phenoxy) is 1. The monoisotopic (exact) mass is 190 g/mol. The van der Waals surface area contributed by atoms with Crippen molar-refractivity contribution in [1.29, 1.82) is 0 Å². The van der Waals surface area contributed by atoms with E-state index in [0.717, 1.165) is 0 Å². The van der Waals surface area contributed by atoms with Gasteiger partial charge in [0.1, 0.15) is 0 Å². The van der Waals surface area contributed by atoms with Gasteiger partial charge in [-0.1, -0.05) is 15.9 Å². The lowest BCUT2D eigenvalue weighted by Crippen LogP contribution is -1.97. The van der Waals surface area contributed by atoms with E-state index in [1.807, 2.05) is 0 Å². The Balaban J connectivity index is 3.63.